The molecule has 0 saturated heterocycles. The molecule has 0 bridgehead atoms. The maximum absolute atomic E-state index is 11.8. The molecular weight excluding hydrogens is 172 g/mol. The Labute approximate surface area is 59.8 Å². The van der Waals surface area contributed by atoms with Crippen LogP contribution >= 0.6 is 12.6 Å². The number of thiol groups is 1. The van der Waals surface area contributed by atoms with E-state index in [1.54, 1.807) is 0 Å². The molecule has 0 aliphatic rings. The summed E-state index contributed by atoms with van der Waals surface area (Å²) in [5, 5.41) is -1.25. The van der Waals surface area contributed by atoms with Gasteiger partial charge in [0.15, 0.2) is 5.12 Å². The number of carbonyl (C=O) groups excluding carboxylic acids is 1. The first kappa shape index (κ1) is 9.74. The van der Waals surface area contributed by atoms with Crippen LogP contribution in [0, 0.1) is 0 Å². The Morgan fingerprint density at radius 2 is 1.90 bits per heavy atom. The van der Waals surface area contributed by atoms with E-state index in [4.69, 9.17) is 0 Å². The molecule has 10 heavy (non-hydrogen) atoms. The van der Waals surface area contributed by atoms with E-state index in [1.165, 1.54) is 0 Å². The predicted octanol–water partition coefficient (Wildman–Crippen LogP) is 1.73. The van der Waals surface area contributed by atoms with Gasteiger partial charge in [0.05, 0.1) is 6.42 Å². The van der Waals surface area contributed by atoms with Gasteiger partial charge in [-0.1, -0.05) is 0 Å². The van der Waals surface area contributed by atoms with Gasteiger partial charge in [-0.15, -0.1) is 12.6 Å². The third-order valence-corrected chi connectivity index (χ3v) is 0.864. The first-order chi connectivity index (χ1) is 4.36. The van der Waals surface area contributed by atoms with Gasteiger partial charge in [-0.25, -0.2) is 8.78 Å². The second kappa shape index (κ2) is 3.23. The Kier molecular flexibility index (Phi) is 3.14. The highest BCUT2D eigenvalue weighted by atomic mass is 32.1. The smallest absolute Gasteiger partial charge is 0.287 e. The van der Waals surface area contributed by atoms with Crippen LogP contribution in [0.1, 0.15) is 6.42 Å². The molecular formula is C4H4F4OS. The summed E-state index contributed by atoms with van der Waals surface area (Å²) in [6.07, 6.45) is -5.32. The van der Waals surface area contributed by atoms with Crippen molar-refractivity contribution in [3.63, 3.8) is 0 Å². The first-order valence-corrected chi connectivity index (χ1v) is 2.69. The fourth-order valence-corrected chi connectivity index (χ4v) is 0.490. The average molecular weight is 176 g/mol. The summed E-state index contributed by atoms with van der Waals surface area (Å²) in [6, 6.07) is 0. The molecule has 0 heterocycles. The fourth-order valence-electron chi connectivity index (χ4n) is 0.279. The van der Waals surface area contributed by atoms with Gasteiger partial charge in [0, 0.05) is 0 Å². The summed E-state index contributed by atoms with van der Waals surface area (Å²) in [6.45, 7) is 0. The minimum absolute atomic E-state index is 1.25. The van der Waals surface area contributed by atoms with Crippen LogP contribution in [0.3, 0.4) is 0 Å². The molecule has 6 heteroatoms. The molecule has 0 spiro atoms. The molecule has 0 N–H and O–H groups in total. The van der Waals surface area contributed by atoms with Gasteiger partial charge in [-0.3, -0.25) is 4.79 Å². The number of alkyl halides is 4. The van der Waals surface area contributed by atoms with Crippen molar-refractivity contribution in [2.24, 2.45) is 0 Å². The zero-order valence-electron chi connectivity index (χ0n) is 4.65. The number of halogens is 4. The van der Waals surface area contributed by atoms with Crippen molar-refractivity contribution in [1.82, 2.24) is 0 Å². The van der Waals surface area contributed by atoms with Crippen molar-refractivity contribution in [1.29, 1.82) is 0 Å². The molecule has 60 valence electrons. The quantitative estimate of drug-likeness (QED) is 0.512. The Morgan fingerprint density at radius 1 is 1.50 bits per heavy atom. The summed E-state index contributed by atoms with van der Waals surface area (Å²) >= 11 is 2.93. The minimum atomic E-state index is -4.24. The topological polar surface area (TPSA) is 17.1 Å². The average Bonchev–Trinajstić information content (AvgIpc) is 1.60. The monoisotopic (exact) mass is 176 g/mol. The van der Waals surface area contributed by atoms with E-state index < -0.39 is 23.9 Å². The largest absolute Gasteiger partial charge is 0.315 e. The van der Waals surface area contributed by atoms with Crippen LogP contribution in [0.2, 0.25) is 0 Å². The van der Waals surface area contributed by atoms with Crippen LogP contribution < -0.4 is 0 Å². The van der Waals surface area contributed by atoms with Crippen LogP contribution in [0.4, 0.5) is 17.6 Å². The van der Waals surface area contributed by atoms with Crippen LogP contribution in [-0.4, -0.2) is 17.5 Å². The van der Waals surface area contributed by atoms with E-state index in [1.807, 2.05) is 0 Å². The molecule has 0 fully saturated rings. The first-order valence-electron chi connectivity index (χ1n) is 2.24. The Balaban J connectivity index is 3.99. The summed E-state index contributed by atoms with van der Waals surface area (Å²) < 4.78 is 46.0. The minimum Gasteiger partial charge on any atom is -0.287 e. The number of rotatable bonds is 3. The molecule has 1 nitrogen and oxygen atoms in total. The number of hydrogen-bond donors (Lipinski definition) is 1. The van der Waals surface area contributed by atoms with Crippen molar-refractivity contribution in [3.05, 3.63) is 0 Å². The molecule has 0 aliphatic heterocycles. The zero-order valence-corrected chi connectivity index (χ0v) is 5.55. The van der Waals surface area contributed by atoms with E-state index in [-0.39, 0.29) is 0 Å². The Hall–Kier alpha value is -0.260. The van der Waals surface area contributed by atoms with Crippen LogP contribution in [-0.2, 0) is 4.79 Å². The highest BCUT2D eigenvalue weighted by Crippen LogP contribution is 2.27. The summed E-state index contributed by atoms with van der Waals surface area (Å²) in [7, 11) is 0. The van der Waals surface area contributed by atoms with Gasteiger partial charge in [-0.2, -0.15) is 8.78 Å². The van der Waals surface area contributed by atoms with Gasteiger partial charge < -0.3 is 0 Å². The molecule has 0 unspecified atom stereocenters. The number of hydrogen-bond acceptors (Lipinski definition) is 1. The maximum Gasteiger partial charge on any atom is 0.315 e. The van der Waals surface area contributed by atoms with E-state index in [0.29, 0.717) is 0 Å². The van der Waals surface area contributed by atoms with Gasteiger partial charge in [0.25, 0.3) is 0 Å². The summed E-state index contributed by atoms with van der Waals surface area (Å²) in [5.74, 6) is -4.24. The van der Waals surface area contributed by atoms with Crippen LogP contribution in [0.15, 0.2) is 0 Å². The summed E-state index contributed by atoms with van der Waals surface area (Å²) in [4.78, 5) is 9.81. The maximum atomic E-state index is 11.8. The third kappa shape index (κ3) is 3.05. The van der Waals surface area contributed by atoms with E-state index >= 15 is 0 Å². The van der Waals surface area contributed by atoms with Crippen LogP contribution in [0.5, 0.6) is 0 Å². The molecule has 0 radical (unpaired) electrons. The van der Waals surface area contributed by atoms with Crippen molar-refractivity contribution < 1.29 is 22.4 Å². The lowest BCUT2D eigenvalue weighted by Crippen LogP contribution is -2.28. The molecule has 0 amide bonds. The predicted molar refractivity (Wildman–Crippen MR) is 29.6 cm³/mol. The van der Waals surface area contributed by atoms with Crippen molar-refractivity contribution in [2.45, 2.75) is 18.8 Å². The highest BCUT2D eigenvalue weighted by Gasteiger charge is 2.41. The molecule has 0 aromatic heterocycles. The third-order valence-electron chi connectivity index (χ3n) is 0.706. The lowest BCUT2D eigenvalue weighted by molar-refractivity contribution is -0.144. The van der Waals surface area contributed by atoms with E-state index in [9.17, 15) is 22.4 Å². The number of carbonyl (C=O) groups is 1. The lowest BCUT2D eigenvalue weighted by Gasteiger charge is -2.11. The second-order valence-corrected chi connectivity index (χ2v) is 2.13. The second-order valence-electron chi connectivity index (χ2n) is 1.63. The molecule has 0 aliphatic carbocycles. The highest BCUT2D eigenvalue weighted by molar-refractivity contribution is 7.96. The molecule has 0 rings (SSSR count). The van der Waals surface area contributed by atoms with Crippen LogP contribution in [0.25, 0.3) is 0 Å². The normalized spacial score (nSPS) is 12.2. The van der Waals surface area contributed by atoms with Crippen molar-refractivity contribution >= 4 is 17.7 Å². The molecule has 0 saturated carbocycles. The Bertz CT molecular complexity index is 135. The molecule has 0 aromatic carbocycles. The molecule has 0 aromatic rings. The summed E-state index contributed by atoms with van der Waals surface area (Å²) in [5.41, 5.74) is 0. The van der Waals surface area contributed by atoms with Gasteiger partial charge in [0.1, 0.15) is 0 Å². The SMILES string of the molecule is O=C(S)CC(F)(F)C(F)F. The van der Waals surface area contributed by atoms with Gasteiger partial charge in [-0.05, 0) is 0 Å². The van der Waals surface area contributed by atoms with Gasteiger partial charge >= 0.3 is 12.3 Å². The Morgan fingerprint density at radius 3 is 2.00 bits per heavy atom. The molecule has 0 atom stereocenters. The van der Waals surface area contributed by atoms with E-state index in [0.717, 1.165) is 0 Å². The zero-order chi connectivity index (χ0) is 8.36. The lowest BCUT2D eigenvalue weighted by atomic mass is 10.3. The van der Waals surface area contributed by atoms with Gasteiger partial charge in [0.2, 0.25) is 0 Å². The fraction of sp³-hybridized carbons (Fsp3) is 0.750. The standard InChI is InChI=1S/C4H4F4OS/c5-3(6)4(7,8)1-2(9)10/h3H,1H2,(H,9,10). The van der Waals surface area contributed by atoms with Crippen molar-refractivity contribution in [2.75, 3.05) is 0 Å². The van der Waals surface area contributed by atoms with Crippen molar-refractivity contribution in [3.8, 4) is 0 Å². The van der Waals surface area contributed by atoms with E-state index in [2.05, 4.69) is 12.6 Å².